The second-order valence-corrected chi connectivity index (χ2v) is 3.83. The Bertz CT molecular complexity index is 543. The molecule has 0 aliphatic rings. The van der Waals surface area contributed by atoms with Gasteiger partial charge >= 0.3 is 0 Å². The van der Waals surface area contributed by atoms with Crippen LogP contribution in [0.4, 0.5) is 4.39 Å². The van der Waals surface area contributed by atoms with Crippen LogP contribution in [0.5, 0.6) is 5.75 Å². The topological polar surface area (TPSA) is 64.9 Å². The summed E-state index contributed by atoms with van der Waals surface area (Å²) in [5.41, 5.74) is 0.568. The number of tetrazole rings is 1. The molecule has 0 unspecified atom stereocenters. The van der Waals surface area contributed by atoms with Gasteiger partial charge in [-0.3, -0.25) is 0 Å². The zero-order valence-electron chi connectivity index (χ0n) is 10.9. The second kappa shape index (κ2) is 6.24. The highest BCUT2D eigenvalue weighted by Crippen LogP contribution is 2.20. The van der Waals surface area contributed by atoms with E-state index in [2.05, 4.69) is 20.8 Å². The number of hydrogen-bond acceptors (Lipinski definition) is 5. The molecule has 0 aliphatic carbocycles. The van der Waals surface area contributed by atoms with E-state index in [1.54, 1.807) is 12.1 Å². The van der Waals surface area contributed by atoms with E-state index in [1.807, 2.05) is 13.8 Å². The molecule has 6 nitrogen and oxygen atoms in total. The summed E-state index contributed by atoms with van der Waals surface area (Å²) in [4.78, 5) is 0. The molecule has 7 heteroatoms. The van der Waals surface area contributed by atoms with Gasteiger partial charge in [0, 0.05) is 6.07 Å². The molecule has 0 saturated carbocycles. The van der Waals surface area contributed by atoms with E-state index in [9.17, 15) is 4.39 Å². The van der Waals surface area contributed by atoms with Crippen LogP contribution in [0.3, 0.4) is 0 Å². The molecule has 0 saturated heterocycles. The third-order valence-corrected chi connectivity index (χ3v) is 2.53. The molecule has 1 N–H and O–H groups in total. The van der Waals surface area contributed by atoms with Crippen molar-refractivity contribution in [3.05, 3.63) is 29.8 Å². The predicted octanol–water partition coefficient (Wildman–Crippen LogP) is 1.31. The highest BCUT2D eigenvalue weighted by atomic mass is 19.1. The molecule has 0 atom stereocenters. The van der Waals surface area contributed by atoms with Gasteiger partial charge in [-0.2, -0.15) is 4.68 Å². The zero-order chi connectivity index (χ0) is 13.7. The Hall–Kier alpha value is -2.02. The van der Waals surface area contributed by atoms with Gasteiger partial charge in [0.25, 0.3) is 0 Å². The molecule has 0 radical (unpaired) electrons. The first-order valence-corrected chi connectivity index (χ1v) is 6.17. The van der Waals surface area contributed by atoms with Crippen LogP contribution in [0.15, 0.2) is 18.2 Å². The first kappa shape index (κ1) is 13.4. The van der Waals surface area contributed by atoms with Gasteiger partial charge in [-0.15, -0.1) is 5.10 Å². The Balaban J connectivity index is 2.26. The minimum absolute atomic E-state index is 0.229. The summed E-state index contributed by atoms with van der Waals surface area (Å²) in [7, 11) is 0. The SMILES string of the molecule is CCNCc1nnnn1-c1ccc(OCC)c(F)c1. The average molecular weight is 265 g/mol. The molecule has 0 bridgehead atoms. The van der Waals surface area contributed by atoms with Crippen molar-refractivity contribution in [1.29, 1.82) is 0 Å². The van der Waals surface area contributed by atoms with E-state index in [-0.39, 0.29) is 5.75 Å². The first-order chi connectivity index (χ1) is 9.26. The lowest BCUT2D eigenvalue weighted by atomic mass is 10.3. The first-order valence-electron chi connectivity index (χ1n) is 6.17. The molecule has 1 aromatic heterocycles. The highest BCUT2D eigenvalue weighted by molar-refractivity contribution is 5.38. The van der Waals surface area contributed by atoms with Gasteiger partial charge in [-0.25, -0.2) is 4.39 Å². The van der Waals surface area contributed by atoms with E-state index in [0.29, 0.717) is 24.7 Å². The zero-order valence-corrected chi connectivity index (χ0v) is 10.9. The Morgan fingerprint density at radius 1 is 1.37 bits per heavy atom. The van der Waals surface area contributed by atoms with Crippen molar-refractivity contribution >= 4 is 0 Å². The predicted molar refractivity (Wildman–Crippen MR) is 67.7 cm³/mol. The number of nitrogens with one attached hydrogen (secondary N) is 1. The van der Waals surface area contributed by atoms with Crippen LogP contribution >= 0.6 is 0 Å². The van der Waals surface area contributed by atoms with Crippen LogP contribution in [-0.2, 0) is 6.54 Å². The van der Waals surface area contributed by atoms with Crippen molar-refractivity contribution in [2.24, 2.45) is 0 Å². The monoisotopic (exact) mass is 265 g/mol. The summed E-state index contributed by atoms with van der Waals surface area (Å²) in [6, 6.07) is 4.66. The maximum absolute atomic E-state index is 13.8. The Labute approximate surface area is 110 Å². The number of ether oxygens (including phenoxy) is 1. The number of benzene rings is 1. The van der Waals surface area contributed by atoms with Crippen LogP contribution < -0.4 is 10.1 Å². The molecular weight excluding hydrogens is 249 g/mol. The van der Waals surface area contributed by atoms with Gasteiger partial charge < -0.3 is 10.1 Å². The molecule has 2 aromatic rings. The van der Waals surface area contributed by atoms with Crippen molar-refractivity contribution in [2.45, 2.75) is 20.4 Å². The Morgan fingerprint density at radius 2 is 2.21 bits per heavy atom. The molecule has 0 amide bonds. The standard InChI is InChI=1S/C12H16FN5O/c1-3-14-8-12-15-16-17-18(12)9-5-6-11(19-4-2)10(13)7-9/h5-7,14H,3-4,8H2,1-2H3. The molecular formula is C12H16FN5O. The van der Waals surface area contributed by atoms with E-state index < -0.39 is 5.82 Å². The number of aromatic nitrogens is 4. The molecule has 1 heterocycles. The fourth-order valence-electron chi connectivity index (χ4n) is 1.65. The number of nitrogens with zero attached hydrogens (tertiary/aromatic N) is 4. The molecule has 19 heavy (non-hydrogen) atoms. The molecule has 0 spiro atoms. The van der Waals surface area contributed by atoms with Gasteiger partial charge in [-0.05, 0) is 36.0 Å². The largest absolute Gasteiger partial charge is 0.491 e. The van der Waals surface area contributed by atoms with Gasteiger partial charge in [0.1, 0.15) is 0 Å². The van der Waals surface area contributed by atoms with Crippen LogP contribution in [0.2, 0.25) is 0 Å². The normalized spacial score (nSPS) is 10.7. The average Bonchev–Trinajstić information content (AvgIpc) is 2.87. The number of halogens is 1. The fraction of sp³-hybridized carbons (Fsp3) is 0.417. The second-order valence-electron chi connectivity index (χ2n) is 3.83. The van der Waals surface area contributed by atoms with E-state index >= 15 is 0 Å². The van der Waals surface area contributed by atoms with Crippen molar-refractivity contribution in [1.82, 2.24) is 25.5 Å². The smallest absolute Gasteiger partial charge is 0.170 e. The summed E-state index contributed by atoms with van der Waals surface area (Å²) in [5.74, 6) is 0.433. The van der Waals surface area contributed by atoms with Crippen molar-refractivity contribution in [3.8, 4) is 11.4 Å². The van der Waals surface area contributed by atoms with Crippen LogP contribution in [-0.4, -0.2) is 33.4 Å². The molecule has 0 fully saturated rings. The fourth-order valence-corrected chi connectivity index (χ4v) is 1.65. The van der Waals surface area contributed by atoms with Gasteiger partial charge in [0.15, 0.2) is 17.4 Å². The van der Waals surface area contributed by atoms with Gasteiger partial charge in [0.2, 0.25) is 0 Å². The lowest BCUT2D eigenvalue weighted by molar-refractivity contribution is 0.321. The van der Waals surface area contributed by atoms with Crippen molar-refractivity contribution < 1.29 is 9.13 Å². The van der Waals surface area contributed by atoms with E-state index in [0.717, 1.165) is 6.54 Å². The number of hydrogen-bond donors (Lipinski definition) is 1. The minimum Gasteiger partial charge on any atom is -0.491 e. The third-order valence-electron chi connectivity index (χ3n) is 2.53. The summed E-state index contributed by atoms with van der Waals surface area (Å²) in [6.45, 7) is 5.56. The maximum atomic E-state index is 13.8. The van der Waals surface area contributed by atoms with Crippen molar-refractivity contribution in [3.63, 3.8) is 0 Å². The van der Waals surface area contributed by atoms with Crippen LogP contribution in [0.25, 0.3) is 5.69 Å². The lowest BCUT2D eigenvalue weighted by Gasteiger charge is -2.08. The molecule has 102 valence electrons. The minimum atomic E-state index is -0.427. The molecule has 1 aromatic carbocycles. The van der Waals surface area contributed by atoms with E-state index in [4.69, 9.17) is 4.74 Å². The quantitative estimate of drug-likeness (QED) is 0.853. The van der Waals surface area contributed by atoms with E-state index in [1.165, 1.54) is 10.7 Å². The Morgan fingerprint density at radius 3 is 2.89 bits per heavy atom. The third kappa shape index (κ3) is 3.05. The summed E-state index contributed by atoms with van der Waals surface area (Å²) >= 11 is 0. The lowest BCUT2D eigenvalue weighted by Crippen LogP contribution is -2.16. The molecule has 0 aliphatic heterocycles. The highest BCUT2D eigenvalue weighted by Gasteiger charge is 2.10. The summed E-state index contributed by atoms with van der Waals surface area (Å²) in [6.07, 6.45) is 0. The van der Waals surface area contributed by atoms with Crippen molar-refractivity contribution in [2.75, 3.05) is 13.2 Å². The van der Waals surface area contributed by atoms with Gasteiger partial charge in [-0.1, -0.05) is 6.92 Å². The maximum Gasteiger partial charge on any atom is 0.170 e. The number of rotatable bonds is 6. The molecule has 2 rings (SSSR count). The summed E-state index contributed by atoms with van der Waals surface area (Å²) < 4.78 is 20.4. The summed E-state index contributed by atoms with van der Waals surface area (Å²) in [5, 5.41) is 14.5. The Kier molecular flexibility index (Phi) is 4.40. The van der Waals surface area contributed by atoms with Crippen LogP contribution in [0.1, 0.15) is 19.7 Å². The van der Waals surface area contributed by atoms with Gasteiger partial charge in [0.05, 0.1) is 18.8 Å². The van der Waals surface area contributed by atoms with Crippen LogP contribution in [0, 0.1) is 5.82 Å².